The fraction of sp³-hybridized carbons (Fsp3) is 0.381. The van der Waals surface area contributed by atoms with Gasteiger partial charge in [-0.15, -0.1) is 0 Å². The van der Waals surface area contributed by atoms with Crippen molar-refractivity contribution in [2.24, 2.45) is 0 Å². The first-order chi connectivity index (χ1) is 12.4. The highest BCUT2D eigenvalue weighted by Gasteiger charge is 2.19. The van der Waals surface area contributed by atoms with Crippen molar-refractivity contribution >= 4 is 11.0 Å². The highest BCUT2D eigenvalue weighted by molar-refractivity contribution is 5.84. The van der Waals surface area contributed by atoms with Gasteiger partial charge in [0.2, 0.25) is 0 Å². The van der Waals surface area contributed by atoms with Gasteiger partial charge < -0.3 is 14.8 Å². The highest BCUT2D eigenvalue weighted by Crippen LogP contribution is 2.31. The van der Waals surface area contributed by atoms with Gasteiger partial charge in [-0.1, -0.05) is 6.07 Å². The quantitative estimate of drug-likeness (QED) is 0.794. The third-order valence-electron chi connectivity index (χ3n) is 4.99. The van der Waals surface area contributed by atoms with E-state index < -0.39 is 0 Å². The van der Waals surface area contributed by atoms with Crippen molar-refractivity contribution in [3.05, 3.63) is 52.8 Å². The monoisotopic (exact) mass is 335 g/mol. The molecule has 1 aliphatic rings. The molecule has 4 nitrogen and oxygen atoms in total. The standard InChI is InChI=1S/C21H26N4/c1-14-10-22-21-19(14)9-17(11-23-21)16-7-15-5-6-25(4)13-20(15)18(8-16)12-24(2)3/h7-11H,5-6,12-13H2,1-4H3,(H,22,23)/i13D. The molecular weight excluding hydrogens is 308 g/mol. The van der Waals surface area contributed by atoms with Crippen LogP contribution in [0.5, 0.6) is 0 Å². The summed E-state index contributed by atoms with van der Waals surface area (Å²) in [5, 5.41) is 1.17. The molecule has 2 aromatic heterocycles. The number of likely N-dealkylation sites (N-methyl/N-ethyl adjacent to an activating group) is 1. The maximum atomic E-state index is 8.63. The second kappa shape index (κ2) is 6.28. The first-order valence-corrected chi connectivity index (χ1v) is 8.81. The largest absolute Gasteiger partial charge is 0.346 e. The van der Waals surface area contributed by atoms with E-state index in [-0.39, 0.29) is 6.52 Å². The Morgan fingerprint density at radius 1 is 1.28 bits per heavy atom. The van der Waals surface area contributed by atoms with Crippen LogP contribution >= 0.6 is 0 Å². The second-order valence-corrected chi connectivity index (χ2v) is 7.40. The number of fused-ring (bicyclic) bond motifs is 2. The van der Waals surface area contributed by atoms with Crippen molar-refractivity contribution in [3.63, 3.8) is 0 Å². The minimum absolute atomic E-state index is 0.282. The Morgan fingerprint density at radius 3 is 2.92 bits per heavy atom. The summed E-state index contributed by atoms with van der Waals surface area (Å²) in [5.74, 6) is 0. The van der Waals surface area contributed by atoms with Crippen LogP contribution in [0.4, 0.5) is 0 Å². The van der Waals surface area contributed by atoms with E-state index in [1.165, 1.54) is 33.2 Å². The van der Waals surface area contributed by atoms with E-state index in [1.807, 2.05) is 19.4 Å². The Labute approximate surface area is 150 Å². The first-order valence-electron chi connectivity index (χ1n) is 9.39. The normalized spacial score (nSPS) is 18.6. The van der Waals surface area contributed by atoms with E-state index in [0.29, 0.717) is 0 Å². The van der Waals surface area contributed by atoms with E-state index in [2.05, 4.69) is 59.0 Å². The van der Waals surface area contributed by atoms with Crippen LogP contribution in [0.25, 0.3) is 22.2 Å². The zero-order chi connectivity index (χ0) is 18.4. The zero-order valence-corrected chi connectivity index (χ0v) is 15.4. The van der Waals surface area contributed by atoms with Gasteiger partial charge in [-0.05, 0) is 74.4 Å². The molecule has 130 valence electrons. The average molecular weight is 335 g/mol. The van der Waals surface area contributed by atoms with Crippen molar-refractivity contribution in [2.45, 2.75) is 26.4 Å². The molecule has 25 heavy (non-hydrogen) atoms. The summed E-state index contributed by atoms with van der Waals surface area (Å²) >= 11 is 0. The topological polar surface area (TPSA) is 35.2 Å². The molecule has 3 aromatic rings. The van der Waals surface area contributed by atoms with Gasteiger partial charge in [0.1, 0.15) is 5.65 Å². The Bertz CT molecular complexity index is 960. The zero-order valence-electron chi connectivity index (χ0n) is 16.4. The number of aromatic nitrogens is 2. The minimum Gasteiger partial charge on any atom is -0.346 e. The van der Waals surface area contributed by atoms with Crippen molar-refractivity contribution in [1.29, 1.82) is 0 Å². The fourth-order valence-corrected chi connectivity index (χ4v) is 3.66. The number of pyridine rings is 1. The average Bonchev–Trinajstić information content (AvgIpc) is 2.98. The number of hydrogen-bond donors (Lipinski definition) is 1. The third kappa shape index (κ3) is 3.08. The lowest BCUT2D eigenvalue weighted by atomic mass is 9.90. The number of hydrogen-bond acceptors (Lipinski definition) is 3. The number of benzene rings is 1. The lowest BCUT2D eigenvalue weighted by Gasteiger charge is -2.29. The summed E-state index contributed by atoms with van der Waals surface area (Å²) in [6, 6.07) is 6.75. The minimum atomic E-state index is -0.282. The molecule has 0 amide bonds. The molecule has 1 atom stereocenters. The molecule has 1 unspecified atom stereocenters. The van der Waals surface area contributed by atoms with E-state index in [1.54, 1.807) is 0 Å². The molecule has 0 fully saturated rings. The Kier molecular flexibility index (Phi) is 3.80. The lowest BCUT2D eigenvalue weighted by molar-refractivity contribution is 0.308. The van der Waals surface area contributed by atoms with E-state index in [4.69, 9.17) is 1.37 Å². The van der Waals surface area contributed by atoms with Gasteiger partial charge in [-0.25, -0.2) is 4.98 Å². The SMILES string of the molecule is [2H]C1c2c(cc(-c3cnc4[nH]cc(C)c4c3)cc2CN(C)C)CCN1C. The van der Waals surface area contributed by atoms with Gasteiger partial charge in [0, 0.05) is 44.3 Å². The predicted octanol–water partition coefficient (Wildman–Crippen LogP) is 3.59. The summed E-state index contributed by atoms with van der Waals surface area (Å²) in [4.78, 5) is 12.1. The van der Waals surface area contributed by atoms with Crippen LogP contribution in [0, 0.1) is 6.92 Å². The molecule has 0 aliphatic carbocycles. The number of aryl methyl sites for hydroxylation is 1. The van der Waals surface area contributed by atoms with E-state index in [9.17, 15) is 0 Å². The molecular formula is C21H26N4. The van der Waals surface area contributed by atoms with Crippen molar-refractivity contribution in [1.82, 2.24) is 19.8 Å². The van der Waals surface area contributed by atoms with Crippen LogP contribution in [-0.4, -0.2) is 47.5 Å². The van der Waals surface area contributed by atoms with E-state index in [0.717, 1.165) is 30.7 Å². The summed E-state index contributed by atoms with van der Waals surface area (Å²) in [5.41, 5.74) is 8.24. The van der Waals surface area contributed by atoms with Crippen LogP contribution in [0.1, 0.15) is 23.6 Å². The Hall–Kier alpha value is -2.17. The van der Waals surface area contributed by atoms with Crippen LogP contribution in [0.15, 0.2) is 30.6 Å². The van der Waals surface area contributed by atoms with Crippen molar-refractivity contribution in [2.75, 3.05) is 27.7 Å². The van der Waals surface area contributed by atoms with Gasteiger partial charge in [-0.3, -0.25) is 0 Å². The lowest BCUT2D eigenvalue weighted by Crippen LogP contribution is -2.28. The van der Waals surface area contributed by atoms with Crippen molar-refractivity contribution in [3.8, 4) is 11.1 Å². The van der Waals surface area contributed by atoms with Crippen LogP contribution in [-0.2, 0) is 19.5 Å². The van der Waals surface area contributed by atoms with Gasteiger partial charge in [0.05, 0.1) is 0 Å². The van der Waals surface area contributed by atoms with E-state index >= 15 is 0 Å². The first kappa shape index (κ1) is 15.1. The number of aromatic amines is 1. The molecule has 1 aromatic carbocycles. The molecule has 3 heterocycles. The summed E-state index contributed by atoms with van der Waals surface area (Å²) < 4.78 is 8.63. The number of rotatable bonds is 3. The molecule has 0 saturated carbocycles. The van der Waals surface area contributed by atoms with Gasteiger partial charge in [0.25, 0.3) is 0 Å². The molecule has 4 heteroatoms. The van der Waals surface area contributed by atoms with Crippen LogP contribution in [0.3, 0.4) is 0 Å². The summed E-state index contributed by atoms with van der Waals surface area (Å²) in [6.45, 7) is 3.60. The smallest absolute Gasteiger partial charge is 0.137 e. The molecule has 1 N–H and O–H groups in total. The highest BCUT2D eigenvalue weighted by atomic mass is 15.1. The molecule has 0 bridgehead atoms. The third-order valence-corrected chi connectivity index (χ3v) is 4.99. The summed E-state index contributed by atoms with van der Waals surface area (Å²) in [7, 11) is 6.21. The Morgan fingerprint density at radius 2 is 2.12 bits per heavy atom. The molecule has 0 radical (unpaired) electrons. The fourth-order valence-electron chi connectivity index (χ4n) is 3.66. The van der Waals surface area contributed by atoms with Crippen LogP contribution in [0.2, 0.25) is 0 Å². The number of H-pyrrole nitrogens is 1. The number of nitrogens with zero attached hydrogens (tertiary/aromatic N) is 3. The van der Waals surface area contributed by atoms with Crippen LogP contribution < -0.4 is 0 Å². The summed E-state index contributed by atoms with van der Waals surface area (Å²) in [6.07, 6.45) is 4.95. The Balaban J connectivity index is 1.87. The van der Waals surface area contributed by atoms with Gasteiger partial charge in [0.15, 0.2) is 0 Å². The maximum absolute atomic E-state index is 8.63. The maximum Gasteiger partial charge on any atom is 0.137 e. The second-order valence-electron chi connectivity index (χ2n) is 7.40. The van der Waals surface area contributed by atoms with Crippen molar-refractivity contribution < 1.29 is 1.37 Å². The number of nitrogens with one attached hydrogen (secondary N) is 1. The molecule has 0 saturated heterocycles. The van der Waals surface area contributed by atoms with Gasteiger partial charge >= 0.3 is 0 Å². The molecule has 0 spiro atoms. The van der Waals surface area contributed by atoms with Gasteiger partial charge in [-0.2, -0.15) is 0 Å². The predicted molar refractivity (Wildman–Crippen MR) is 104 cm³/mol. The molecule has 1 aliphatic heterocycles. The molecule has 4 rings (SSSR count).